The molecule has 0 amide bonds. The summed E-state index contributed by atoms with van der Waals surface area (Å²) >= 11 is 0. The third-order valence-corrected chi connectivity index (χ3v) is 3.87. The summed E-state index contributed by atoms with van der Waals surface area (Å²) in [6.07, 6.45) is 1.70. The number of aliphatic carboxylic acids is 1. The van der Waals surface area contributed by atoms with Gasteiger partial charge in [0, 0.05) is 18.3 Å². The first-order valence-electron chi connectivity index (χ1n) is 7.49. The number of fused-ring (bicyclic) bond motifs is 1. The summed E-state index contributed by atoms with van der Waals surface area (Å²) in [5, 5.41) is 28.9. The summed E-state index contributed by atoms with van der Waals surface area (Å²) < 4.78 is 2.10. The Balaban J connectivity index is 1.88. The minimum atomic E-state index is -1.47. The fourth-order valence-corrected chi connectivity index (χ4v) is 2.64. The van der Waals surface area contributed by atoms with Crippen molar-refractivity contribution in [2.24, 2.45) is 0 Å². The number of hydrogen-bond donors (Lipinski definition) is 3. The number of aliphatic hydroxyl groups is 2. The van der Waals surface area contributed by atoms with Gasteiger partial charge in [0.2, 0.25) is 5.76 Å². The molecule has 2 aromatic carbocycles. The summed E-state index contributed by atoms with van der Waals surface area (Å²) in [6.45, 7) is 0.742. The molecule has 3 rings (SSSR count). The van der Waals surface area contributed by atoms with Crippen LogP contribution in [0.1, 0.15) is 17.2 Å². The molecule has 0 aliphatic rings. The molecule has 1 unspecified atom stereocenters. The second-order valence-corrected chi connectivity index (χ2v) is 5.55. The zero-order chi connectivity index (χ0) is 17.1. The van der Waals surface area contributed by atoms with Crippen molar-refractivity contribution in [3.8, 4) is 0 Å². The molecule has 1 heterocycles. The number of benzene rings is 2. The second-order valence-electron chi connectivity index (χ2n) is 5.55. The lowest BCUT2D eigenvalue weighted by Gasteiger charge is -2.09. The standard InChI is InChI=1S/C19H17NO4/c21-17(11-18(22)19(23)24)15-6-7-16-14(10-15)8-9-20(16)12-13-4-2-1-3-5-13/h1-11,17,21-22H,12H2,(H,23,24)/b18-11+. The van der Waals surface area contributed by atoms with Gasteiger partial charge in [-0.2, -0.15) is 0 Å². The van der Waals surface area contributed by atoms with E-state index in [1.807, 2.05) is 36.5 Å². The molecule has 0 aliphatic carbocycles. The maximum absolute atomic E-state index is 10.6. The fraction of sp³-hybridized carbons (Fsp3) is 0.105. The van der Waals surface area contributed by atoms with Crippen LogP contribution in [0, 0.1) is 0 Å². The van der Waals surface area contributed by atoms with E-state index in [2.05, 4.69) is 16.7 Å². The lowest BCUT2D eigenvalue weighted by molar-refractivity contribution is -0.135. The fourth-order valence-electron chi connectivity index (χ4n) is 2.64. The normalized spacial score (nSPS) is 13.1. The lowest BCUT2D eigenvalue weighted by atomic mass is 10.1. The van der Waals surface area contributed by atoms with Gasteiger partial charge in [0.25, 0.3) is 0 Å². The molecular formula is C19H17NO4. The molecule has 0 spiro atoms. The summed E-state index contributed by atoms with van der Waals surface area (Å²) in [7, 11) is 0. The second kappa shape index (κ2) is 6.60. The van der Waals surface area contributed by atoms with Crippen molar-refractivity contribution in [3.05, 3.63) is 83.8 Å². The Hall–Kier alpha value is -3.05. The molecule has 0 saturated carbocycles. The molecule has 5 heteroatoms. The lowest BCUT2D eigenvalue weighted by Crippen LogP contribution is -2.03. The number of carboxylic acid groups (broad SMARTS) is 1. The van der Waals surface area contributed by atoms with E-state index in [1.54, 1.807) is 12.1 Å². The summed E-state index contributed by atoms with van der Waals surface area (Å²) in [6, 6.07) is 17.4. The molecule has 1 atom stereocenters. The molecule has 122 valence electrons. The van der Waals surface area contributed by atoms with Gasteiger partial charge in [-0.15, -0.1) is 0 Å². The summed E-state index contributed by atoms with van der Waals surface area (Å²) in [5.41, 5.74) is 2.72. The average molecular weight is 323 g/mol. The van der Waals surface area contributed by atoms with Gasteiger partial charge >= 0.3 is 5.97 Å². The Bertz CT molecular complexity index is 896. The molecule has 3 N–H and O–H groups in total. The zero-order valence-corrected chi connectivity index (χ0v) is 12.8. The van der Waals surface area contributed by atoms with E-state index in [4.69, 9.17) is 5.11 Å². The van der Waals surface area contributed by atoms with Crippen LogP contribution in [0.2, 0.25) is 0 Å². The maximum atomic E-state index is 10.6. The number of aromatic nitrogens is 1. The SMILES string of the molecule is O=C(O)/C(O)=C\C(O)c1ccc2c(ccn2Cc2ccccc2)c1. The van der Waals surface area contributed by atoms with E-state index < -0.39 is 17.8 Å². The first-order chi connectivity index (χ1) is 11.5. The van der Waals surface area contributed by atoms with Crippen LogP contribution in [0.5, 0.6) is 0 Å². The Kier molecular flexibility index (Phi) is 4.35. The van der Waals surface area contributed by atoms with Crippen molar-refractivity contribution in [2.45, 2.75) is 12.6 Å². The Labute approximate surface area is 138 Å². The highest BCUT2D eigenvalue weighted by Gasteiger charge is 2.12. The number of nitrogens with zero attached hydrogens (tertiary/aromatic N) is 1. The summed E-state index contributed by atoms with van der Waals surface area (Å²) in [4.78, 5) is 10.6. The van der Waals surface area contributed by atoms with Crippen molar-refractivity contribution in [1.82, 2.24) is 4.57 Å². The van der Waals surface area contributed by atoms with E-state index in [1.165, 1.54) is 5.56 Å². The minimum absolute atomic E-state index is 0.521. The Morgan fingerprint density at radius 2 is 1.83 bits per heavy atom. The average Bonchev–Trinajstić information content (AvgIpc) is 2.98. The quantitative estimate of drug-likeness (QED) is 0.497. The molecule has 1 aromatic heterocycles. The monoisotopic (exact) mass is 323 g/mol. The van der Waals surface area contributed by atoms with Crippen LogP contribution in [-0.2, 0) is 11.3 Å². The van der Waals surface area contributed by atoms with E-state index in [-0.39, 0.29) is 0 Å². The van der Waals surface area contributed by atoms with Crippen molar-refractivity contribution >= 4 is 16.9 Å². The minimum Gasteiger partial charge on any atom is -0.502 e. The molecule has 24 heavy (non-hydrogen) atoms. The van der Waals surface area contributed by atoms with Crippen LogP contribution in [0.3, 0.4) is 0 Å². The number of hydrogen-bond acceptors (Lipinski definition) is 3. The van der Waals surface area contributed by atoms with Crippen LogP contribution < -0.4 is 0 Å². The van der Waals surface area contributed by atoms with E-state index in [0.717, 1.165) is 23.5 Å². The highest BCUT2D eigenvalue weighted by atomic mass is 16.4. The van der Waals surface area contributed by atoms with Gasteiger partial charge in [0.1, 0.15) is 6.10 Å². The van der Waals surface area contributed by atoms with Crippen LogP contribution in [0.15, 0.2) is 72.6 Å². The molecule has 0 aliphatic heterocycles. The van der Waals surface area contributed by atoms with Gasteiger partial charge in [0.05, 0.1) is 0 Å². The first-order valence-corrected chi connectivity index (χ1v) is 7.49. The molecule has 0 saturated heterocycles. The van der Waals surface area contributed by atoms with E-state index in [0.29, 0.717) is 5.56 Å². The third-order valence-electron chi connectivity index (χ3n) is 3.87. The predicted molar refractivity (Wildman–Crippen MR) is 90.8 cm³/mol. The first kappa shape index (κ1) is 15.8. The Morgan fingerprint density at radius 3 is 2.54 bits per heavy atom. The van der Waals surface area contributed by atoms with Crippen LogP contribution in [0.4, 0.5) is 0 Å². The van der Waals surface area contributed by atoms with Crippen LogP contribution >= 0.6 is 0 Å². The Morgan fingerprint density at radius 1 is 1.08 bits per heavy atom. The van der Waals surface area contributed by atoms with Crippen molar-refractivity contribution in [1.29, 1.82) is 0 Å². The van der Waals surface area contributed by atoms with Gasteiger partial charge in [0.15, 0.2) is 0 Å². The van der Waals surface area contributed by atoms with Crippen molar-refractivity contribution in [3.63, 3.8) is 0 Å². The highest BCUT2D eigenvalue weighted by Crippen LogP contribution is 2.23. The molecule has 0 radical (unpaired) electrons. The van der Waals surface area contributed by atoms with Crippen molar-refractivity contribution in [2.75, 3.05) is 0 Å². The zero-order valence-electron chi connectivity index (χ0n) is 12.8. The smallest absolute Gasteiger partial charge is 0.370 e. The van der Waals surface area contributed by atoms with Crippen molar-refractivity contribution < 1.29 is 20.1 Å². The van der Waals surface area contributed by atoms with Crippen LogP contribution in [-0.4, -0.2) is 25.9 Å². The molecular weight excluding hydrogens is 306 g/mol. The largest absolute Gasteiger partial charge is 0.502 e. The molecule has 5 nitrogen and oxygen atoms in total. The van der Waals surface area contributed by atoms with Gasteiger partial charge in [-0.1, -0.05) is 36.4 Å². The van der Waals surface area contributed by atoms with E-state index in [9.17, 15) is 15.0 Å². The third kappa shape index (κ3) is 3.31. The van der Waals surface area contributed by atoms with Gasteiger partial charge in [-0.3, -0.25) is 0 Å². The topological polar surface area (TPSA) is 82.7 Å². The molecule has 0 bridgehead atoms. The van der Waals surface area contributed by atoms with Gasteiger partial charge in [-0.25, -0.2) is 4.79 Å². The number of carbonyl (C=O) groups is 1. The number of carboxylic acids is 1. The number of aliphatic hydroxyl groups excluding tert-OH is 2. The number of rotatable bonds is 5. The molecule has 3 aromatic rings. The summed E-state index contributed by atoms with van der Waals surface area (Å²) in [5.74, 6) is -2.34. The van der Waals surface area contributed by atoms with Gasteiger partial charge in [-0.05, 0) is 40.8 Å². The predicted octanol–water partition coefficient (Wildman–Crippen LogP) is 3.25. The van der Waals surface area contributed by atoms with Crippen LogP contribution in [0.25, 0.3) is 10.9 Å². The van der Waals surface area contributed by atoms with Gasteiger partial charge < -0.3 is 19.9 Å². The highest BCUT2D eigenvalue weighted by molar-refractivity contribution is 5.84. The van der Waals surface area contributed by atoms with E-state index >= 15 is 0 Å². The molecule has 0 fully saturated rings. The maximum Gasteiger partial charge on any atom is 0.370 e.